The summed E-state index contributed by atoms with van der Waals surface area (Å²) in [5.74, 6) is -0.521. The molecule has 8 heteroatoms. The van der Waals surface area contributed by atoms with E-state index in [-0.39, 0.29) is 6.54 Å². The number of nitrogens with two attached hydrogens (primary N) is 1. The van der Waals surface area contributed by atoms with Crippen LogP contribution in [0.2, 0.25) is 0 Å². The van der Waals surface area contributed by atoms with E-state index in [0.29, 0.717) is 5.56 Å². The summed E-state index contributed by atoms with van der Waals surface area (Å²) in [7, 11) is 0. The van der Waals surface area contributed by atoms with Crippen LogP contribution in [0.25, 0.3) is 0 Å². The van der Waals surface area contributed by atoms with Gasteiger partial charge < -0.3 is 10.5 Å². The van der Waals surface area contributed by atoms with Gasteiger partial charge in [0.15, 0.2) is 0 Å². The Morgan fingerprint density at radius 1 is 0.944 bits per heavy atom. The third-order valence-corrected chi connectivity index (χ3v) is 2.01. The first-order chi connectivity index (χ1) is 8.14. The van der Waals surface area contributed by atoms with Crippen LogP contribution in [0.15, 0.2) is 24.3 Å². The topological polar surface area (TPSA) is 35.2 Å². The van der Waals surface area contributed by atoms with Gasteiger partial charge in [-0.15, -0.1) is 0 Å². The molecule has 0 amide bonds. The largest absolute Gasteiger partial charge is 0.471 e. The zero-order valence-corrected chi connectivity index (χ0v) is 8.85. The average molecular weight is 273 g/mol. The van der Waals surface area contributed by atoms with Crippen LogP contribution in [0.1, 0.15) is 5.56 Å². The Balaban J connectivity index is 2.90. The van der Waals surface area contributed by atoms with Crippen molar-refractivity contribution in [2.75, 3.05) is 0 Å². The molecule has 0 aliphatic heterocycles. The van der Waals surface area contributed by atoms with Crippen molar-refractivity contribution < 1.29 is 31.1 Å². The molecule has 1 aromatic rings. The quantitative estimate of drug-likeness (QED) is 0.859. The number of hydrogen-bond acceptors (Lipinski definition) is 2. The van der Waals surface area contributed by atoms with Crippen LogP contribution in [-0.4, -0.2) is 18.5 Å². The van der Waals surface area contributed by atoms with E-state index in [1.165, 1.54) is 12.1 Å². The zero-order chi connectivity index (χ0) is 14.0. The molecular weight excluding hydrogens is 264 g/mol. The molecular formula is C10H9F6NO. The van der Waals surface area contributed by atoms with Gasteiger partial charge in [-0.2, -0.15) is 26.3 Å². The molecule has 0 aliphatic rings. The fourth-order valence-electron chi connectivity index (χ4n) is 1.16. The van der Waals surface area contributed by atoms with Crippen LogP contribution in [0.3, 0.4) is 0 Å². The minimum atomic E-state index is -5.52. The van der Waals surface area contributed by atoms with E-state index in [2.05, 4.69) is 4.74 Å². The second-order valence-electron chi connectivity index (χ2n) is 3.43. The van der Waals surface area contributed by atoms with Crippen molar-refractivity contribution in [3.63, 3.8) is 0 Å². The molecule has 0 unspecified atom stereocenters. The van der Waals surface area contributed by atoms with Crippen LogP contribution in [0.4, 0.5) is 26.3 Å². The highest BCUT2D eigenvalue weighted by Gasteiger charge is 2.59. The second kappa shape index (κ2) is 5.05. The zero-order valence-electron chi connectivity index (χ0n) is 8.85. The summed E-state index contributed by atoms with van der Waals surface area (Å²) in [6.07, 6.45) is -14.9. The Morgan fingerprint density at radius 2 is 1.39 bits per heavy atom. The number of benzene rings is 1. The highest BCUT2D eigenvalue weighted by Crippen LogP contribution is 2.36. The lowest BCUT2D eigenvalue weighted by Gasteiger charge is -2.23. The number of ether oxygens (including phenoxy) is 1. The highest BCUT2D eigenvalue weighted by atomic mass is 19.4. The molecule has 0 fully saturated rings. The van der Waals surface area contributed by atoms with Gasteiger partial charge in [-0.25, -0.2) is 0 Å². The van der Waals surface area contributed by atoms with Gasteiger partial charge in [0.25, 0.3) is 6.10 Å². The molecule has 1 rings (SSSR count). The monoisotopic (exact) mass is 273 g/mol. The first-order valence-electron chi connectivity index (χ1n) is 4.73. The Bertz CT molecular complexity index is 369. The van der Waals surface area contributed by atoms with Gasteiger partial charge in [-0.3, -0.25) is 0 Å². The molecule has 0 aromatic heterocycles. The first-order valence-corrected chi connectivity index (χ1v) is 4.73. The van der Waals surface area contributed by atoms with E-state index in [1.54, 1.807) is 0 Å². The van der Waals surface area contributed by atoms with Gasteiger partial charge in [0, 0.05) is 6.54 Å². The number of alkyl halides is 6. The maximum atomic E-state index is 12.2. The molecule has 0 atom stereocenters. The summed E-state index contributed by atoms with van der Waals surface area (Å²) in [4.78, 5) is 0. The van der Waals surface area contributed by atoms with E-state index >= 15 is 0 Å². The van der Waals surface area contributed by atoms with Crippen LogP contribution in [0, 0.1) is 0 Å². The van der Waals surface area contributed by atoms with Gasteiger partial charge in [0.1, 0.15) is 5.75 Å². The van der Waals surface area contributed by atoms with Crippen LogP contribution in [-0.2, 0) is 6.54 Å². The number of rotatable bonds is 3. The van der Waals surface area contributed by atoms with Crippen molar-refractivity contribution in [1.29, 1.82) is 0 Å². The summed E-state index contributed by atoms with van der Waals surface area (Å²) >= 11 is 0. The van der Waals surface area contributed by atoms with Gasteiger partial charge >= 0.3 is 12.4 Å². The maximum Gasteiger partial charge on any atom is 0.434 e. The minimum absolute atomic E-state index is 0.127. The molecule has 0 saturated carbocycles. The van der Waals surface area contributed by atoms with Crippen molar-refractivity contribution in [3.05, 3.63) is 29.8 Å². The maximum absolute atomic E-state index is 12.2. The highest BCUT2D eigenvalue weighted by molar-refractivity contribution is 5.27. The van der Waals surface area contributed by atoms with Crippen molar-refractivity contribution >= 4 is 0 Å². The van der Waals surface area contributed by atoms with Crippen molar-refractivity contribution in [2.45, 2.75) is 25.0 Å². The van der Waals surface area contributed by atoms with Gasteiger partial charge in [0.05, 0.1) is 0 Å². The SMILES string of the molecule is NCc1ccc(OC(C(F)(F)F)C(F)(F)F)cc1. The average Bonchev–Trinajstić information content (AvgIpc) is 2.23. The number of hydrogen-bond donors (Lipinski definition) is 1. The summed E-state index contributed by atoms with van der Waals surface area (Å²) < 4.78 is 77.0. The molecule has 2 N–H and O–H groups in total. The van der Waals surface area contributed by atoms with Crippen LogP contribution in [0.5, 0.6) is 5.75 Å². The van der Waals surface area contributed by atoms with E-state index in [1.807, 2.05) is 0 Å². The summed E-state index contributed by atoms with van der Waals surface area (Å²) in [5.41, 5.74) is 5.81. The summed E-state index contributed by atoms with van der Waals surface area (Å²) in [5, 5.41) is 0. The smallest absolute Gasteiger partial charge is 0.434 e. The molecule has 0 aliphatic carbocycles. The van der Waals surface area contributed by atoms with Crippen LogP contribution >= 0.6 is 0 Å². The van der Waals surface area contributed by atoms with Gasteiger partial charge in [0.2, 0.25) is 0 Å². The first kappa shape index (κ1) is 14.6. The molecule has 0 bridgehead atoms. The van der Waals surface area contributed by atoms with Crippen LogP contribution < -0.4 is 10.5 Å². The molecule has 102 valence electrons. The Morgan fingerprint density at radius 3 is 1.72 bits per heavy atom. The third kappa shape index (κ3) is 3.80. The fourth-order valence-corrected chi connectivity index (χ4v) is 1.16. The van der Waals surface area contributed by atoms with Crippen molar-refractivity contribution in [1.82, 2.24) is 0 Å². The van der Waals surface area contributed by atoms with Gasteiger partial charge in [-0.05, 0) is 17.7 Å². The predicted octanol–water partition coefficient (Wildman–Crippen LogP) is 3.02. The summed E-state index contributed by atoms with van der Waals surface area (Å²) in [6, 6.07) is 4.59. The Hall–Kier alpha value is -1.44. The van der Waals surface area contributed by atoms with Crippen molar-refractivity contribution in [2.24, 2.45) is 5.73 Å². The molecule has 1 aromatic carbocycles. The van der Waals surface area contributed by atoms with E-state index in [9.17, 15) is 26.3 Å². The minimum Gasteiger partial charge on any atom is -0.471 e. The normalized spacial score (nSPS) is 12.9. The Labute approximate surface area is 98.3 Å². The predicted molar refractivity (Wildman–Crippen MR) is 50.9 cm³/mol. The molecule has 0 spiro atoms. The van der Waals surface area contributed by atoms with E-state index in [4.69, 9.17) is 5.73 Å². The summed E-state index contributed by atoms with van der Waals surface area (Å²) in [6.45, 7) is 0.127. The molecule has 0 heterocycles. The standard InChI is InChI=1S/C10H9F6NO/c11-9(12,13)8(10(14,15)16)18-7-3-1-6(5-17)2-4-7/h1-4,8H,5,17H2. The lowest BCUT2D eigenvalue weighted by atomic mass is 10.2. The second-order valence-corrected chi connectivity index (χ2v) is 3.43. The van der Waals surface area contributed by atoms with Gasteiger partial charge in [-0.1, -0.05) is 12.1 Å². The van der Waals surface area contributed by atoms with E-state index in [0.717, 1.165) is 12.1 Å². The lowest BCUT2D eigenvalue weighted by Crippen LogP contribution is -2.46. The molecule has 2 nitrogen and oxygen atoms in total. The molecule has 0 radical (unpaired) electrons. The van der Waals surface area contributed by atoms with E-state index < -0.39 is 24.2 Å². The fraction of sp³-hybridized carbons (Fsp3) is 0.400. The number of halogens is 6. The Kier molecular flexibility index (Phi) is 4.10. The molecule has 0 saturated heterocycles. The molecule has 18 heavy (non-hydrogen) atoms. The third-order valence-electron chi connectivity index (χ3n) is 2.01. The van der Waals surface area contributed by atoms with Crippen molar-refractivity contribution in [3.8, 4) is 5.75 Å². The lowest BCUT2D eigenvalue weighted by molar-refractivity contribution is -0.299.